The Labute approximate surface area is 86.1 Å². The van der Waals surface area contributed by atoms with Crippen LogP contribution in [0.2, 0.25) is 0 Å². The van der Waals surface area contributed by atoms with Crippen molar-refractivity contribution in [2.45, 2.75) is 0 Å². The van der Waals surface area contributed by atoms with Gasteiger partial charge in [0.25, 0.3) is 5.56 Å². The van der Waals surface area contributed by atoms with E-state index in [9.17, 15) is 14.4 Å². The highest BCUT2D eigenvalue weighted by Gasteiger charge is 2.07. The number of fused-ring (bicyclic) bond motifs is 3. The van der Waals surface area contributed by atoms with Gasteiger partial charge in [0.15, 0.2) is 0 Å². The molecule has 0 spiro atoms. The van der Waals surface area contributed by atoms with E-state index in [2.05, 4.69) is 19.9 Å². The topological polar surface area (TPSA) is 114 Å². The lowest BCUT2D eigenvalue weighted by Crippen LogP contribution is -2.22. The van der Waals surface area contributed by atoms with Crippen molar-refractivity contribution in [2.75, 3.05) is 0 Å². The lowest BCUT2D eigenvalue weighted by molar-refractivity contribution is 1.08. The molecule has 0 aliphatic heterocycles. The molecule has 0 amide bonds. The summed E-state index contributed by atoms with van der Waals surface area (Å²) in [6, 6.07) is 3.18. The molecular weight excluding hydrogens is 212 g/mol. The Morgan fingerprint density at radius 1 is 0.750 bits per heavy atom. The summed E-state index contributed by atoms with van der Waals surface area (Å²) in [7, 11) is 0. The molecule has 4 N–H and O–H groups in total. The summed E-state index contributed by atoms with van der Waals surface area (Å²) in [5.74, 6) is 0. The summed E-state index contributed by atoms with van der Waals surface area (Å²) in [6.45, 7) is 0. The second-order valence-corrected chi connectivity index (χ2v) is 3.40. The molecule has 0 saturated heterocycles. The van der Waals surface area contributed by atoms with Gasteiger partial charge < -0.3 is 15.0 Å². The number of benzene rings is 1. The second kappa shape index (κ2) is 2.72. The maximum atomic E-state index is 11.6. The number of imidazole rings is 1. The van der Waals surface area contributed by atoms with Crippen LogP contribution in [-0.4, -0.2) is 19.9 Å². The standard InChI is InChI=1S/C9H6N4O3/c14-7-5-3(10-9(16)13-7)1-2-4-6(5)12-8(15)11-4/h1-2H,(H2,11,12,15)(H2,10,13,14,16). The van der Waals surface area contributed by atoms with Crippen molar-refractivity contribution in [3.63, 3.8) is 0 Å². The summed E-state index contributed by atoms with van der Waals surface area (Å²) in [5, 5.41) is 0.260. The Bertz CT molecular complexity index is 864. The quantitative estimate of drug-likeness (QED) is 0.403. The average Bonchev–Trinajstić information content (AvgIpc) is 2.56. The first kappa shape index (κ1) is 8.72. The molecule has 16 heavy (non-hydrogen) atoms. The number of aromatic nitrogens is 4. The van der Waals surface area contributed by atoms with Crippen LogP contribution < -0.4 is 16.9 Å². The number of hydrogen-bond donors (Lipinski definition) is 4. The Morgan fingerprint density at radius 2 is 1.38 bits per heavy atom. The molecule has 0 radical (unpaired) electrons. The van der Waals surface area contributed by atoms with E-state index in [1.807, 2.05) is 0 Å². The van der Waals surface area contributed by atoms with Crippen molar-refractivity contribution in [2.24, 2.45) is 0 Å². The van der Waals surface area contributed by atoms with Crippen LogP contribution in [0, 0.1) is 0 Å². The number of aromatic amines is 4. The molecule has 7 heteroatoms. The number of hydrogen-bond acceptors (Lipinski definition) is 3. The minimum atomic E-state index is -0.574. The van der Waals surface area contributed by atoms with Crippen molar-refractivity contribution in [1.82, 2.24) is 19.9 Å². The van der Waals surface area contributed by atoms with Crippen molar-refractivity contribution >= 4 is 21.9 Å². The Morgan fingerprint density at radius 3 is 2.19 bits per heavy atom. The van der Waals surface area contributed by atoms with Gasteiger partial charge in [-0.25, -0.2) is 9.59 Å². The molecule has 0 saturated carbocycles. The van der Waals surface area contributed by atoms with Crippen LogP contribution in [0.1, 0.15) is 0 Å². The summed E-state index contributed by atoms with van der Waals surface area (Å²) in [5.41, 5.74) is -0.200. The van der Waals surface area contributed by atoms with E-state index in [1.165, 1.54) is 0 Å². The first-order valence-electron chi connectivity index (χ1n) is 4.52. The van der Waals surface area contributed by atoms with Crippen LogP contribution in [0.15, 0.2) is 26.5 Å². The molecule has 0 aliphatic carbocycles. The summed E-state index contributed by atoms with van der Waals surface area (Å²) < 4.78 is 0. The first-order valence-corrected chi connectivity index (χ1v) is 4.52. The van der Waals surface area contributed by atoms with Gasteiger partial charge in [0.1, 0.15) is 0 Å². The van der Waals surface area contributed by atoms with Crippen LogP contribution in [0.4, 0.5) is 0 Å². The third kappa shape index (κ3) is 1.05. The fourth-order valence-electron chi connectivity index (χ4n) is 1.76. The molecule has 7 nitrogen and oxygen atoms in total. The SMILES string of the molecule is O=c1[nH]c(=O)c2c(ccc3[nH]c(=O)[nH]c32)[nH]1. The molecule has 0 bridgehead atoms. The van der Waals surface area contributed by atoms with Crippen molar-refractivity contribution < 1.29 is 0 Å². The van der Waals surface area contributed by atoms with Gasteiger partial charge >= 0.3 is 11.4 Å². The minimum absolute atomic E-state index is 0.260. The lowest BCUT2D eigenvalue weighted by Gasteiger charge is -1.96. The molecule has 3 aromatic rings. The zero-order valence-corrected chi connectivity index (χ0v) is 7.88. The van der Waals surface area contributed by atoms with Gasteiger partial charge in [0.05, 0.1) is 21.9 Å². The molecule has 3 rings (SSSR count). The van der Waals surface area contributed by atoms with Crippen LogP contribution >= 0.6 is 0 Å². The number of rotatable bonds is 0. The van der Waals surface area contributed by atoms with Gasteiger partial charge in [-0.05, 0) is 12.1 Å². The summed E-state index contributed by atoms with van der Waals surface area (Å²) >= 11 is 0. The van der Waals surface area contributed by atoms with Crippen LogP contribution in [0.25, 0.3) is 21.9 Å². The second-order valence-electron chi connectivity index (χ2n) is 3.40. The molecule has 0 aliphatic rings. The molecule has 2 aromatic heterocycles. The third-order valence-corrected chi connectivity index (χ3v) is 2.39. The van der Waals surface area contributed by atoms with E-state index in [1.54, 1.807) is 12.1 Å². The predicted molar refractivity (Wildman–Crippen MR) is 57.7 cm³/mol. The van der Waals surface area contributed by atoms with E-state index in [4.69, 9.17) is 0 Å². The highest BCUT2D eigenvalue weighted by Crippen LogP contribution is 2.14. The molecule has 2 heterocycles. The molecular formula is C9H6N4O3. The fourth-order valence-corrected chi connectivity index (χ4v) is 1.76. The highest BCUT2D eigenvalue weighted by atomic mass is 16.2. The molecule has 1 aromatic carbocycles. The normalized spacial score (nSPS) is 11.2. The van der Waals surface area contributed by atoms with Crippen molar-refractivity contribution in [1.29, 1.82) is 0 Å². The predicted octanol–water partition coefficient (Wildman–Crippen LogP) is -0.614. The van der Waals surface area contributed by atoms with Gasteiger partial charge in [0.2, 0.25) is 0 Å². The van der Waals surface area contributed by atoms with Crippen LogP contribution in [0.5, 0.6) is 0 Å². The first-order chi connectivity index (χ1) is 7.65. The van der Waals surface area contributed by atoms with E-state index >= 15 is 0 Å². The summed E-state index contributed by atoms with van der Waals surface area (Å²) in [4.78, 5) is 43.4. The van der Waals surface area contributed by atoms with Gasteiger partial charge in [-0.15, -0.1) is 0 Å². The molecule has 0 atom stereocenters. The number of nitrogens with one attached hydrogen (secondary N) is 4. The zero-order chi connectivity index (χ0) is 11.3. The molecule has 80 valence electrons. The summed E-state index contributed by atoms with van der Waals surface area (Å²) in [6.07, 6.45) is 0. The van der Waals surface area contributed by atoms with Gasteiger partial charge in [-0.3, -0.25) is 9.78 Å². The monoisotopic (exact) mass is 218 g/mol. The maximum Gasteiger partial charge on any atom is 0.326 e. The van der Waals surface area contributed by atoms with E-state index in [-0.39, 0.29) is 5.39 Å². The fraction of sp³-hybridized carbons (Fsp3) is 0. The van der Waals surface area contributed by atoms with Crippen molar-refractivity contribution in [3.8, 4) is 0 Å². The minimum Gasteiger partial charge on any atom is -0.307 e. The van der Waals surface area contributed by atoms with Gasteiger partial charge in [-0.2, -0.15) is 0 Å². The van der Waals surface area contributed by atoms with E-state index < -0.39 is 16.9 Å². The highest BCUT2D eigenvalue weighted by molar-refractivity contribution is 6.01. The molecule has 0 unspecified atom stereocenters. The van der Waals surface area contributed by atoms with E-state index in [0.717, 1.165) is 0 Å². The zero-order valence-electron chi connectivity index (χ0n) is 7.88. The lowest BCUT2D eigenvalue weighted by atomic mass is 10.2. The van der Waals surface area contributed by atoms with Crippen LogP contribution in [0.3, 0.4) is 0 Å². The maximum absolute atomic E-state index is 11.6. The number of H-pyrrole nitrogens is 4. The van der Waals surface area contributed by atoms with Gasteiger partial charge in [-0.1, -0.05) is 0 Å². The Hall–Kier alpha value is -2.57. The van der Waals surface area contributed by atoms with Crippen LogP contribution in [-0.2, 0) is 0 Å². The Balaban J connectivity index is 2.75. The third-order valence-electron chi connectivity index (χ3n) is 2.39. The van der Waals surface area contributed by atoms with E-state index in [0.29, 0.717) is 16.6 Å². The smallest absolute Gasteiger partial charge is 0.307 e. The molecule has 0 fully saturated rings. The van der Waals surface area contributed by atoms with Gasteiger partial charge in [0, 0.05) is 0 Å². The Kier molecular flexibility index (Phi) is 1.48. The average molecular weight is 218 g/mol. The largest absolute Gasteiger partial charge is 0.326 e. The van der Waals surface area contributed by atoms with Crippen molar-refractivity contribution in [3.05, 3.63) is 43.5 Å².